The lowest BCUT2D eigenvalue weighted by Gasteiger charge is -2.39. The van der Waals surface area contributed by atoms with E-state index in [-0.39, 0.29) is 5.41 Å². The maximum atomic E-state index is 2.42. The molecule has 3 aromatic carbocycles. The molecule has 0 unspecified atom stereocenters. The van der Waals surface area contributed by atoms with Crippen LogP contribution in [-0.4, -0.2) is 126 Å². The maximum absolute atomic E-state index is 2.42. The van der Waals surface area contributed by atoms with Gasteiger partial charge in [-0.15, -0.1) is 43.7 Å². The molecule has 1 spiro atoms. The van der Waals surface area contributed by atoms with Gasteiger partial charge < -0.3 is 0 Å². The van der Waals surface area contributed by atoms with Gasteiger partial charge in [0.15, 0.2) is 0 Å². The van der Waals surface area contributed by atoms with Crippen LogP contribution in [0.15, 0.2) is 27.5 Å². The molecule has 0 aromatic heterocycles. The van der Waals surface area contributed by atoms with Crippen molar-refractivity contribution in [3.63, 3.8) is 0 Å². The Kier molecular flexibility index (Phi) is 7.88. The molecule has 0 atom stereocenters. The molecule has 0 aliphatic heterocycles. The van der Waals surface area contributed by atoms with Crippen molar-refractivity contribution in [1.82, 2.24) is 0 Å². The van der Waals surface area contributed by atoms with Crippen molar-refractivity contribution in [2.75, 3.05) is 0 Å². The third-order valence-corrected chi connectivity index (χ3v) is 12.6. The third kappa shape index (κ3) is 3.86. The second-order valence-corrected chi connectivity index (χ2v) is 14.5. The summed E-state index contributed by atoms with van der Waals surface area (Å²) in [5, 5.41) is 0. The molecule has 194 valence electrons. The van der Waals surface area contributed by atoms with Crippen molar-refractivity contribution in [2.45, 2.75) is 19.3 Å². The van der Waals surface area contributed by atoms with E-state index in [1.807, 2.05) is 0 Å². The molecular formula is C27H38B16. The average Bonchev–Trinajstić information content (AvgIpc) is 3.44. The van der Waals surface area contributed by atoms with E-state index in [0.717, 1.165) is 0 Å². The molecule has 0 nitrogen and oxygen atoms in total. The highest BCUT2D eigenvalue weighted by atomic mass is 14.6. The number of hydrogen-bond donors (Lipinski definition) is 0. The van der Waals surface area contributed by atoms with Crippen LogP contribution in [0.1, 0.15) is 36.1 Å². The molecule has 0 heterocycles. The van der Waals surface area contributed by atoms with E-state index in [1.54, 1.807) is 11.1 Å². The number of benzene rings is 3. The summed E-state index contributed by atoms with van der Waals surface area (Å²) >= 11 is 0. The topological polar surface area (TPSA) is 0 Å². The molecule has 0 amide bonds. The lowest BCUT2D eigenvalue weighted by atomic mass is 9.52. The van der Waals surface area contributed by atoms with Crippen LogP contribution in [0.2, 0.25) is 0 Å². The fourth-order valence-electron chi connectivity index (χ4n) is 8.69. The van der Waals surface area contributed by atoms with E-state index >= 15 is 0 Å². The second kappa shape index (κ2) is 10.5. The first kappa shape index (κ1) is 32.3. The number of rotatable bonds is 2. The molecule has 43 heavy (non-hydrogen) atoms. The largest absolute Gasteiger partial charge is 0.139 e. The quantitative estimate of drug-likeness (QED) is 0.286. The highest BCUT2D eigenvalue weighted by Crippen LogP contribution is 2.61. The molecule has 0 saturated carbocycles. The Balaban J connectivity index is 2.34. The van der Waals surface area contributed by atoms with Crippen molar-refractivity contribution in [2.24, 2.45) is 0 Å². The van der Waals surface area contributed by atoms with Crippen LogP contribution in [0.4, 0.5) is 0 Å². The monoisotopic (exact) mass is 538 g/mol. The molecule has 0 fully saturated rings. The Labute approximate surface area is 275 Å². The van der Waals surface area contributed by atoms with Crippen LogP contribution in [-0.2, 0) is 5.41 Å². The predicted molar refractivity (Wildman–Crippen MR) is 243 cm³/mol. The zero-order chi connectivity index (χ0) is 32.4. The molecule has 3 aromatic rings. The van der Waals surface area contributed by atoms with Crippen molar-refractivity contribution in [1.29, 1.82) is 0 Å². The summed E-state index contributed by atoms with van der Waals surface area (Å²) in [5.41, 5.74) is 34.7. The Morgan fingerprint density at radius 2 is 0.651 bits per heavy atom. The van der Waals surface area contributed by atoms with Crippen LogP contribution < -0.4 is 65.6 Å². The van der Waals surface area contributed by atoms with E-state index < -0.39 is 0 Å². The molecule has 2 aliphatic carbocycles. The minimum atomic E-state index is -0.374. The van der Waals surface area contributed by atoms with Gasteiger partial charge in [0.1, 0.15) is 126 Å². The Bertz CT molecular complexity index is 1870. The first-order valence-corrected chi connectivity index (χ1v) is 16.2. The molecule has 16 heteroatoms. The van der Waals surface area contributed by atoms with E-state index in [4.69, 9.17) is 0 Å². The van der Waals surface area contributed by atoms with Crippen LogP contribution in [0.3, 0.4) is 0 Å². The minimum absolute atomic E-state index is 0.374. The van der Waals surface area contributed by atoms with Crippen molar-refractivity contribution in [3.05, 3.63) is 49.7 Å². The lowest BCUT2D eigenvalue weighted by Crippen LogP contribution is -2.56. The van der Waals surface area contributed by atoms with Gasteiger partial charge in [-0.25, -0.2) is 0 Å². The summed E-state index contributed by atoms with van der Waals surface area (Å²) in [6.07, 6.45) is 0. The predicted octanol–water partition coefficient (Wildman–Crippen LogP) is -18.1. The summed E-state index contributed by atoms with van der Waals surface area (Å²) in [4.78, 5) is 0. The Morgan fingerprint density at radius 3 is 0.977 bits per heavy atom. The fraction of sp³-hybridized carbons (Fsp3) is 0.111. The smallest absolute Gasteiger partial charge is 0.119 e. The molecule has 0 saturated heterocycles. The van der Waals surface area contributed by atoms with Crippen LogP contribution in [0.5, 0.6) is 0 Å². The molecule has 2 aliphatic rings. The first-order valence-electron chi connectivity index (χ1n) is 16.2. The zero-order valence-electron chi connectivity index (χ0n) is 30.5. The number of fused-ring (bicyclic) bond motifs is 7. The highest BCUT2D eigenvalue weighted by Gasteiger charge is 2.56. The van der Waals surface area contributed by atoms with Gasteiger partial charge in [0, 0.05) is 0 Å². The van der Waals surface area contributed by atoms with Crippen molar-refractivity contribution >= 4 is 197 Å². The van der Waals surface area contributed by atoms with E-state index in [1.165, 1.54) is 121 Å². The Hall–Kier alpha value is -2.08. The summed E-state index contributed by atoms with van der Waals surface area (Å²) < 4.78 is 0. The molecule has 0 radical (unpaired) electrons. The van der Waals surface area contributed by atoms with Gasteiger partial charge in [0.05, 0.1) is 5.41 Å². The van der Waals surface area contributed by atoms with Gasteiger partial charge in [-0.1, -0.05) is 57.6 Å². The van der Waals surface area contributed by atoms with E-state index in [9.17, 15) is 0 Å². The SMILES string of the molecule is B/C(C)=C(\B)C1=C(/C(B)=C(/B)C)C2(c3c(B)c(B)c(B)c(B)c31)c1c(B)c(B)c(B)c(B)c1-c1c(B)c(B)c(B)c(B)c12. The second-order valence-electron chi connectivity index (χ2n) is 14.5. The van der Waals surface area contributed by atoms with Gasteiger partial charge in [-0.3, -0.25) is 0 Å². The minimum Gasteiger partial charge on any atom is -0.119 e. The standard InChI is InChI=1S/C27H38B16/c1-3(28)13(30)5-6-10(18(35)24(41)21(38)15(6)32)27(9(5)14(31)4(2)29)11-7(16(33)22(39)25(42)19(11)36)8-12(27)20(37)26(43)23(40)17(8)34/h28-43H2,1-2H3/b13-3-,14-4-. The van der Waals surface area contributed by atoms with Crippen molar-refractivity contribution < 1.29 is 0 Å². The van der Waals surface area contributed by atoms with Gasteiger partial charge >= 0.3 is 0 Å². The zero-order valence-corrected chi connectivity index (χ0v) is 30.5. The van der Waals surface area contributed by atoms with Crippen molar-refractivity contribution in [3.8, 4) is 11.1 Å². The lowest BCUT2D eigenvalue weighted by molar-refractivity contribution is 0.801. The first-order chi connectivity index (χ1) is 19.9. The van der Waals surface area contributed by atoms with Crippen LogP contribution in [0.25, 0.3) is 16.7 Å². The summed E-state index contributed by atoms with van der Waals surface area (Å²) in [7, 11) is 37.9. The van der Waals surface area contributed by atoms with E-state index in [0.29, 0.717) is 0 Å². The molecule has 0 bridgehead atoms. The van der Waals surface area contributed by atoms with Gasteiger partial charge in [0.25, 0.3) is 0 Å². The summed E-state index contributed by atoms with van der Waals surface area (Å²) in [5.74, 6) is 0. The maximum Gasteiger partial charge on any atom is 0.139 e. The molecule has 0 N–H and O–H groups in total. The summed E-state index contributed by atoms with van der Waals surface area (Å²) in [6, 6.07) is 0. The average molecular weight is 536 g/mol. The molecule has 5 rings (SSSR count). The highest BCUT2D eigenvalue weighted by molar-refractivity contribution is 6.69. The third-order valence-electron chi connectivity index (χ3n) is 12.6. The Morgan fingerprint density at radius 1 is 0.372 bits per heavy atom. The van der Waals surface area contributed by atoms with E-state index in [2.05, 4.69) is 139 Å². The normalized spacial score (nSPS) is 15.7. The fourth-order valence-corrected chi connectivity index (χ4v) is 8.69. The number of hydrogen-bond acceptors (Lipinski definition) is 0. The van der Waals surface area contributed by atoms with Gasteiger partial charge in [-0.2, -0.15) is 0 Å². The number of allylic oxidation sites excluding steroid dienone is 6. The van der Waals surface area contributed by atoms with Gasteiger partial charge in [0.2, 0.25) is 0 Å². The van der Waals surface area contributed by atoms with Crippen LogP contribution >= 0.6 is 0 Å². The molecular weight excluding hydrogens is 497 g/mol. The van der Waals surface area contributed by atoms with Crippen LogP contribution in [0, 0.1) is 0 Å². The van der Waals surface area contributed by atoms with Gasteiger partial charge in [-0.05, 0) is 44.5 Å². The summed E-state index contributed by atoms with van der Waals surface area (Å²) in [6.45, 7) is 4.62.